The molecule has 1 fully saturated rings. The van der Waals surface area contributed by atoms with Gasteiger partial charge in [-0.3, -0.25) is 0 Å². The molecule has 5 heteroatoms. The van der Waals surface area contributed by atoms with E-state index in [-0.39, 0.29) is 11.9 Å². The number of benzene rings is 1. The number of halogens is 1. The van der Waals surface area contributed by atoms with Gasteiger partial charge in [0.05, 0.1) is 7.11 Å². The second-order valence-corrected chi connectivity index (χ2v) is 6.19. The lowest BCUT2D eigenvalue weighted by Gasteiger charge is -2.34. The van der Waals surface area contributed by atoms with Gasteiger partial charge < -0.3 is 15.0 Å². The van der Waals surface area contributed by atoms with Gasteiger partial charge in [-0.2, -0.15) is 0 Å². The zero-order valence-electron chi connectivity index (χ0n) is 14.2. The van der Waals surface area contributed by atoms with E-state index in [1.165, 1.54) is 6.07 Å². The van der Waals surface area contributed by atoms with Crippen molar-refractivity contribution in [1.29, 1.82) is 0 Å². The Morgan fingerprint density at radius 2 is 2.00 bits per heavy atom. The Morgan fingerprint density at radius 1 is 1.21 bits per heavy atom. The Morgan fingerprint density at radius 3 is 2.67 bits per heavy atom. The number of rotatable bonds is 5. The zero-order chi connectivity index (χ0) is 16.9. The van der Waals surface area contributed by atoms with Crippen molar-refractivity contribution in [2.75, 3.05) is 25.1 Å². The van der Waals surface area contributed by atoms with Gasteiger partial charge in [0.2, 0.25) is 0 Å². The summed E-state index contributed by atoms with van der Waals surface area (Å²) in [6.07, 6.45) is 3.85. The van der Waals surface area contributed by atoms with E-state index in [2.05, 4.69) is 15.2 Å². The van der Waals surface area contributed by atoms with E-state index in [0.29, 0.717) is 17.4 Å². The Balaban J connectivity index is 1.60. The molecule has 1 unspecified atom stereocenters. The molecule has 0 bridgehead atoms. The predicted octanol–water partition coefficient (Wildman–Crippen LogP) is 3.55. The minimum atomic E-state index is -0.222. The summed E-state index contributed by atoms with van der Waals surface area (Å²) >= 11 is 0. The second kappa shape index (κ2) is 7.62. The highest BCUT2D eigenvalue weighted by Crippen LogP contribution is 2.29. The van der Waals surface area contributed by atoms with Crippen molar-refractivity contribution < 1.29 is 9.13 Å². The maximum atomic E-state index is 14.2. The number of methoxy groups -OCH3 is 1. The summed E-state index contributed by atoms with van der Waals surface area (Å²) in [5.74, 6) is 1.40. The highest BCUT2D eigenvalue weighted by Gasteiger charge is 2.24. The minimum Gasteiger partial charge on any atom is -0.496 e. The first kappa shape index (κ1) is 16.7. The van der Waals surface area contributed by atoms with Crippen LogP contribution < -0.4 is 15.0 Å². The standard InChI is InChI=1S/C19H24FN3O/c1-14(19-16(20)6-5-7-17(19)24-2)22-15-9-12-23(13-10-15)18-8-3-4-11-21-18/h3-8,11,14-15,22H,9-10,12-13H2,1-2H3. The SMILES string of the molecule is COc1cccc(F)c1C(C)NC1CCN(c2ccccn2)CC1. The van der Waals surface area contributed by atoms with Crippen LogP contribution in [0.2, 0.25) is 0 Å². The van der Waals surface area contributed by atoms with Crippen molar-refractivity contribution in [3.8, 4) is 5.75 Å². The maximum absolute atomic E-state index is 14.2. The van der Waals surface area contributed by atoms with E-state index in [1.54, 1.807) is 19.2 Å². The number of anilines is 1. The van der Waals surface area contributed by atoms with Crippen LogP contribution in [0.4, 0.5) is 10.2 Å². The van der Waals surface area contributed by atoms with Gasteiger partial charge in [-0.25, -0.2) is 9.37 Å². The highest BCUT2D eigenvalue weighted by molar-refractivity contribution is 5.39. The van der Waals surface area contributed by atoms with Gasteiger partial charge in [0.25, 0.3) is 0 Å². The highest BCUT2D eigenvalue weighted by atomic mass is 19.1. The Bertz CT molecular complexity index is 657. The van der Waals surface area contributed by atoms with Crippen LogP contribution in [0.25, 0.3) is 0 Å². The number of pyridine rings is 1. The van der Waals surface area contributed by atoms with Gasteiger partial charge >= 0.3 is 0 Å². The number of hydrogen-bond donors (Lipinski definition) is 1. The number of piperidine rings is 1. The van der Waals surface area contributed by atoms with E-state index < -0.39 is 0 Å². The van der Waals surface area contributed by atoms with Crippen molar-refractivity contribution in [3.63, 3.8) is 0 Å². The summed E-state index contributed by atoms with van der Waals surface area (Å²) in [5, 5.41) is 3.56. The van der Waals surface area contributed by atoms with Crippen LogP contribution in [0.3, 0.4) is 0 Å². The third-order valence-electron chi connectivity index (χ3n) is 4.62. The number of hydrogen-bond acceptors (Lipinski definition) is 4. The van der Waals surface area contributed by atoms with Crippen LogP contribution in [0.1, 0.15) is 31.4 Å². The first-order chi connectivity index (χ1) is 11.7. The molecule has 1 N–H and O–H groups in total. The van der Waals surface area contributed by atoms with Crippen molar-refractivity contribution in [3.05, 3.63) is 54.0 Å². The fourth-order valence-corrected chi connectivity index (χ4v) is 3.37. The lowest BCUT2D eigenvalue weighted by Crippen LogP contribution is -2.43. The molecule has 1 saturated heterocycles. The molecule has 1 aromatic carbocycles. The number of ether oxygens (including phenoxy) is 1. The van der Waals surface area contributed by atoms with Gasteiger partial charge in [0, 0.05) is 36.9 Å². The minimum absolute atomic E-state index is 0.0902. The third kappa shape index (κ3) is 3.67. The van der Waals surface area contributed by atoms with Crippen LogP contribution in [0, 0.1) is 5.82 Å². The summed E-state index contributed by atoms with van der Waals surface area (Å²) < 4.78 is 19.5. The molecular formula is C19H24FN3O. The molecule has 1 aliphatic rings. The normalized spacial score (nSPS) is 16.9. The van der Waals surface area contributed by atoms with E-state index in [0.717, 1.165) is 31.7 Å². The monoisotopic (exact) mass is 329 g/mol. The van der Waals surface area contributed by atoms with Gasteiger partial charge in [-0.15, -0.1) is 0 Å². The first-order valence-electron chi connectivity index (χ1n) is 8.43. The Kier molecular flexibility index (Phi) is 5.30. The van der Waals surface area contributed by atoms with Gasteiger partial charge in [0.15, 0.2) is 0 Å². The summed E-state index contributed by atoms with van der Waals surface area (Å²) in [7, 11) is 1.58. The van der Waals surface area contributed by atoms with Crippen molar-refractivity contribution >= 4 is 5.82 Å². The van der Waals surface area contributed by atoms with Crippen LogP contribution in [0.5, 0.6) is 5.75 Å². The third-order valence-corrected chi connectivity index (χ3v) is 4.62. The Labute approximate surface area is 142 Å². The van der Waals surface area contributed by atoms with Gasteiger partial charge in [-0.05, 0) is 44.0 Å². The molecule has 1 aromatic heterocycles. The van der Waals surface area contributed by atoms with E-state index in [1.807, 2.05) is 31.3 Å². The van der Waals surface area contributed by atoms with E-state index in [9.17, 15) is 4.39 Å². The van der Waals surface area contributed by atoms with Crippen LogP contribution in [-0.2, 0) is 0 Å². The molecule has 4 nitrogen and oxygen atoms in total. The Hall–Kier alpha value is -2.14. The molecule has 3 rings (SSSR count). The molecular weight excluding hydrogens is 305 g/mol. The topological polar surface area (TPSA) is 37.4 Å². The molecule has 24 heavy (non-hydrogen) atoms. The lowest BCUT2D eigenvalue weighted by atomic mass is 10.0. The second-order valence-electron chi connectivity index (χ2n) is 6.19. The average Bonchev–Trinajstić information content (AvgIpc) is 2.62. The number of nitrogens with zero attached hydrogens (tertiary/aromatic N) is 2. The molecule has 0 aliphatic carbocycles. The first-order valence-corrected chi connectivity index (χ1v) is 8.43. The van der Waals surface area contributed by atoms with Crippen molar-refractivity contribution in [2.24, 2.45) is 0 Å². The molecule has 0 saturated carbocycles. The molecule has 0 amide bonds. The van der Waals surface area contributed by atoms with Crippen LogP contribution in [0.15, 0.2) is 42.6 Å². The summed E-state index contributed by atoms with van der Waals surface area (Å²) in [5.41, 5.74) is 0.604. The summed E-state index contributed by atoms with van der Waals surface area (Å²) in [6.45, 7) is 3.90. The molecule has 1 aliphatic heterocycles. The van der Waals surface area contributed by atoms with Crippen LogP contribution >= 0.6 is 0 Å². The number of aromatic nitrogens is 1. The van der Waals surface area contributed by atoms with Crippen LogP contribution in [-0.4, -0.2) is 31.2 Å². The smallest absolute Gasteiger partial charge is 0.131 e. The van der Waals surface area contributed by atoms with E-state index in [4.69, 9.17) is 4.74 Å². The fourth-order valence-electron chi connectivity index (χ4n) is 3.37. The molecule has 2 heterocycles. The zero-order valence-corrected chi connectivity index (χ0v) is 14.2. The van der Waals surface area contributed by atoms with Gasteiger partial charge in [0.1, 0.15) is 17.4 Å². The quantitative estimate of drug-likeness (QED) is 0.910. The maximum Gasteiger partial charge on any atom is 0.131 e. The molecule has 0 radical (unpaired) electrons. The summed E-state index contributed by atoms with van der Waals surface area (Å²) in [4.78, 5) is 6.71. The van der Waals surface area contributed by atoms with Crippen molar-refractivity contribution in [1.82, 2.24) is 10.3 Å². The molecule has 1 atom stereocenters. The number of nitrogens with one attached hydrogen (secondary N) is 1. The average molecular weight is 329 g/mol. The van der Waals surface area contributed by atoms with E-state index >= 15 is 0 Å². The molecule has 2 aromatic rings. The fraction of sp³-hybridized carbons (Fsp3) is 0.421. The molecule has 128 valence electrons. The van der Waals surface area contributed by atoms with Gasteiger partial charge in [-0.1, -0.05) is 12.1 Å². The predicted molar refractivity (Wildman–Crippen MR) is 94.0 cm³/mol. The lowest BCUT2D eigenvalue weighted by molar-refractivity contribution is 0.356. The molecule has 0 spiro atoms. The van der Waals surface area contributed by atoms with Crippen molar-refractivity contribution in [2.45, 2.75) is 31.8 Å². The largest absolute Gasteiger partial charge is 0.496 e. The summed E-state index contributed by atoms with van der Waals surface area (Å²) in [6, 6.07) is 11.2.